The molecule has 0 amide bonds. The molecule has 4 aromatic rings. The second-order valence-electron chi connectivity index (χ2n) is 9.23. The molecule has 1 fully saturated rings. The fourth-order valence-electron chi connectivity index (χ4n) is 4.62. The molecule has 1 saturated heterocycles. The van der Waals surface area contributed by atoms with Crippen molar-refractivity contribution in [2.75, 3.05) is 32.1 Å². The molecule has 5 heteroatoms. The van der Waals surface area contributed by atoms with Gasteiger partial charge in [-0.05, 0) is 80.7 Å². The van der Waals surface area contributed by atoms with E-state index in [9.17, 15) is 0 Å². The number of hydrogen-bond acceptors (Lipinski definition) is 5. The monoisotopic (exact) mass is 452 g/mol. The highest BCUT2D eigenvalue weighted by Gasteiger charge is 2.20. The lowest BCUT2D eigenvalue weighted by Crippen LogP contribution is -2.35. The van der Waals surface area contributed by atoms with Crippen molar-refractivity contribution in [2.24, 2.45) is 5.92 Å². The second kappa shape index (κ2) is 10.2. The Kier molecular flexibility index (Phi) is 6.72. The minimum absolute atomic E-state index is 0.646. The van der Waals surface area contributed by atoms with Crippen LogP contribution in [0.25, 0.3) is 22.3 Å². The van der Waals surface area contributed by atoms with Crippen molar-refractivity contribution in [2.45, 2.75) is 26.3 Å². The molecule has 0 unspecified atom stereocenters. The number of aromatic nitrogens is 2. The summed E-state index contributed by atoms with van der Waals surface area (Å²) in [5.41, 5.74) is 4.67. The topological polar surface area (TPSA) is 50.3 Å². The van der Waals surface area contributed by atoms with Crippen molar-refractivity contribution in [3.05, 3.63) is 83.9 Å². The number of hydrogen-bond donors (Lipinski definition) is 1. The molecule has 0 atom stereocenters. The molecule has 1 aliphatic rings. The number of piperidine rings is 1. The molecule has 0 radical (unpaired) electrons. The van der Waals surface area contributed by atoms with Crippen LogP contribution in [0.5, 0.6) is 5.75 Å². The number of fused-ring (bicyclic) bond motifs is 1. The molecule has 0 spiro atoms. The highest BCUT2D eigenvalue weighted by Crippen LogP contribution is 2.27. The zero-order valence-electron chi connectivity index (χ0n) is 20.0. The van der Waals surface area contributed by atoms with Gasteiger partial charge in [0.15, 0.2) is 5.82 Å². The molecule has 0 saturated carbocycles. The molecule has 0 aliphatic carbocycles. The summed E-state index contributed by atoms with van der Waals surface area (Å²) >= 11 is 0. The first-order valence-electron chi connectivity index (χ1n) is 12.1. The Hall–Kier alpha value is -3.44. The van der Waals surface area contributed by atoms with Crippen molar-refractivity contribution >= 4 is 16.7 Å². The first kappa shape index (κ1) is 22.4. The molecule has 5 rings (SSSR count). The van der Waals surface area contributed by atoms with Gasteiger partial charge < -0.3 is 10.1 Å². The number of para-hydroxylation sites is 1. The Bertz CT molecular complexity index is 1230. The van der Waals surface area contributed by atoms with E-state index in [1.807, 2.05) is 36.4 Å². The van der Waals surface area contributed by atoms with Gasteiger partial charge in [0.2, 0.25) is 0 Å². The molecular weight excluding hydrogens is 420 g/mol. The largest absolute Gasteiger partial charge is 0.497 e. The van der Waals surface area contributed by atoms with Crippen molar-refractivity contribution in [3.8, 4) is 17.1 Å². The van der Waals surface area contributed by atoms with Crippen LogP contribution in [0.2, 0.25) is 0 Å². The third-order valence-electron chi connectivity index (χ3n) is 6.74. The van der Waals surface area contributed by atoms with Crippen LogP contribution >= 0.6 is 0 Å². The molecule has 2 heterocycles. The maximum Gasteiger partial charge on any atom is 0.162 e. The number of aryl methyl sites for hydroxylation is 1. The van der Waals surface area contributed by atoms with Crippen LogP contribution in [-0.4, -0.2) is 41.6 Å². The average Bonchev–Trinajstić information content (AvgIpc) is 2.89. The number of nitrogens with zero attached hydrogens (tertiary/aromatic N) is 3. The number of ether oxygens (including phenoxy) is 1. The molecule has 5 nitrogen and oxygen atoms in total. The van der Waals surface area contributed by atoms with Crippen molar-refractivity contribution < 1.29 is 4.74 Å². The average molecular weight is 453 g/mol. The molecule has 1 aliphatic heterocycles. The van der Waals surface area contributed by atoms with E-state index in [1.54, 1.807) is 7.11 Å². The maximum absolute atomic E-state index is 5.29. The number of rotatable bonds is 7. The Labute approximate surface area is 201 Å². The van der Waals surface area contributed by atoms with Gasteiger partial charge in [0.25, 0.3) is 0 Å². The predicted molar refractivity (Wildman–Crippen MR) is 139 cm³/mol. The van der Waals surface area contributed by atoms with Gasteiger partial charge in [-0.2, -0.15) is 0 Å². The Balaban J connectivity index is 1.25. The van der Waals surface area contributed by atoms with Crippen molar-refractivity contribution in [1.29, 1.82) is 0 Å². The van der Waals surface area contributed by atoms with Crippen LogP contribution in [0.4, 0.5) is 5.82 Å². The lowest BCUT2D eigenvalue weighted by Gasteiger charge is -2.32. The first-order chi connectivity index (χ1) is 16.7. The standard InChI is InChI=1S/C29H32N4O/c1-21-7-9-23(10-8-21)20-33-17-15-22(16-18-33)19-30-29-26-5-3-4-6-27(26)31-28(32-29)24-11-13-25(34-2)14-12-24/h3-14,22H,15-20H2,1-2H3,(H,30,31,32). The Morgan fingerprint density at radius 1 is 0.912 bits per heavy atom. The smallest absolute Gasteiger partial charge is 0.162 e. The first-order valence-corrected chi connectivity index (χ1v) is 12.1. The molecule has 34 heavy (non-hydrogen) atoms. The summed E-state index contributed by atoms with van der Waals surface area (Å²) in [5, 5.41) is 4.73. The van der Waals surface area contributed by atoms with Gasteiger partial charge in [-0.3, -0.25) is 4.90 Å². The van der Waals surface area contributed by atoms with Gasteiger partial charge in [-0.1, -0.05) is 42.0 Å². The number of benzene rings is 3. The Morgan fingerprint density at radius 3 is 2.38 bits per heavy atom. The van der Waals surface area contributed by atoms with Crippen LogP contribution in [-0.2, 0) is 6.54 Å². The number of methoxy groups -OCH3 is 1. The van der Waals surface area contributed by atoms with Gasteiger partial charge in [0.05, 0.1) is 12.6 Å². The van der Waals surface area contributed by atoms with E-state index in [1.165, 1.54) is 24.0 Å². The summed E-state index contributed by atoms with van der Waals surface area (Å²) in [5.74, 6) is 3.12. The zero-order valence-corrected chi connectivity index (χ0v) is 20.0. The second-order valence-corrected chi connectivity index (χ2v) is 9.23. The van der Waals surface area contributed by atoms with E-state index in [-0.39, 0.29) is 0 Å². The third-order valence-corrected chi connectivity index (χ3v) is 6.74. The van der Waals surface area contributed by atoms with Crippen molar-refractivity contribution in [3.63, 3.8) is 0 Å². The molecule has 1 N–H and O–H groups in total. The summed E-state index contributed by atoms with van der Waals surface area (Å²) in [7, 11) is 1.68. The summed E-state index contributed by atoms with van der Waals surface area (Å²) in [4.78, 5) is 12.3. The summed E-state index contributed by atoms with van der Waals surface area (Å²) in [6.45, 7) is 6.40. The number of nitrogens with one attached hydrogen (secondary N) is 1. The number of likely N-dealkylation sites (tertiary alicyclic amines) is 1. The molecule has 174 valence electrons. The quantitative estimate of drug-likeness (QED) is 0.376. The summed E-state index contributed by atoms with van der Waals surface area (Å²) in [6.07, 6.45) is 2.40. The van der Waals surface area contributed by atoms with Crippen LogP contribution in [0.15, 0.2) is 72.8 Å². The fourth-order valence-corrected chi connectivity index (χ4v) is 4.62. The zero-order chi connectivity index (χ0) is 23.3. The van der Waals surface area contributed by atoms with E-state index < -0.39 is 0 Å². The van der Waals surface area contributed by atoms with Crippen LogP contribution in [0, 0.1) is 12.8 Å². The minimum Gasteiger partial charge on any atom is -0.497 e. The SMILES string of the molecule is COc1ccc(-c2nc(NCC3CCN(Cc4ccc(C)cc4)CC3)c3ccccc3n2)cc1. The van der Waals surface area contributed by atoms with Crippen LogP contribution < -0.4 is 10.1 Å². The highest BCUT2D eigenvalue weighted by atomic mass is 16.5. The van der Waals surface area contributed by atoms with Gasteiger partial charge in [0.1, 0.15) is 11.6 Å². The lowest BCUT2D eigenvalue weighted by atomic mass is 9.96. The van der Waals surface area contributed by atoms with Gasteiger partial charge in [-0.25, -0.2) is 9.97 Å². The van der Waals surface area contributed by atoms with Crippen LogP contribution in [0.1, 0.15) is 24.0 Å². The summed E-state index contributed by atoms with van der Waals surface area (Å²) < 4.78 is 5.29. The third kappa shape index (κ3) is 5.20. The van der Waals surface area contributed by atoms with Gasteiger partial charge in [0, 0.05) is 24.0 Å². The van der Waals surface area contributed by atoms with E-state index in [0.717, 1.165) is 60.0 Å². The van der Waals surface area contributed by atoms with Gasteiger partial charge >= 0.3 is 0 Å². The van der Waals surface area contributed by atoms with E-state index in [2.05, 4.69) is 53.5 Å². The fraction of sp³-hybridized carbons (Fsp3) is 0.310. The summed E-state index contributed by atoms with van der Waals surface area (Å²) in [6, 6.07) is 25.1. The molecular formula is C29H32N4O. The van der Waals surface area contributed by atoms with E-state index in [4.69, 9.17) is 14.7 Å². The predicted octanol–water partition coefficient (Wildman–Crippen LogP) is 5.94. The van der Waals surface area contributed by atoms with Crippen LogP contribution in [0.3, 0.4) is 0 Å². The Morgan fingerprint density at radius 2 is 1.65 bits per heavy atom. The van der Waals surface area contributed by atoms with E-state index >= 15 is 0 Å². The normalized spacial score (nSPS) is 14.9. The maximum atomic E-state index is 5.29. The van der Waals surface area contributed by atoms with E-state index in [0.29, 0.717) is 5.92 Å². The molecule has 3 aromatic carbocycles. The van der Waals surface area contributed by atoms with Crippen molar-refractivity contribution in [1.82, 2.24) is 14.9 Å². The lowest BCUT2D eigenvalue weighted by molar-refractivity contribution is 0.182. The minimum atomic E-state index is 0.646. The number of anilines is 1. The highest BCUT2D eigenvalue weighted by molar-refractivity contribution is 5.90. The molecule has 1 aromatic heterocycles. The molecule has 0 bridgehead atoms. The van der Waals surface area contributed by atoms with Gasteiger partial charge in [-0.15, -0.1) is 0 Å².